The fourth-order valence-electron chi connectivity index (χ4n) is 1.62. The molecule has 16 heavy (non-hydrogen) atoms. The predicted molar refractivity (Wildman–Crippen MR) is 62.1 cm³/mol. The van der Waals surface area contributed by atoms with Crippen LogP contribution in [0.4, 0.5) is 4.39 Å². The van der Waals surface area contributed by atoms with Gasteiger partial charge in [-0.15, -0.1) is 4.91 Å². The summed E-state index contributed by atoms with van der Waals surface area (Å²) in [7, 11) is 0. The molecule has 0 radical (unpaired) electrons. The molecule has 1 heterocycles. The van der Waals surface area contributed by atoms with Gasteiger partial charge in [-0.1, -0.05) is 18.7 Å². The quantitative estimate of drug-likeness (QED) is 0.428. The van der Waals surface area contributed by atoms with E-state index in [1.165, 1.54) is 12.2 Å². The van der Waals surface area contributed by atoms with E-state index in [4.69, 9.17) is 0 Å². The van der Waals surface area contributed by atoms with Crippen molar-refractivity contribution in [1.82, 2.24) is 10.3 Å². The van der Waals surface area contributed by atoms with Crippen LogP contribution in [0, 0.1) is 4.91 Å². The maximum absolute atomic E-state index is 13.7. The molecule has 0 amide bonds. The van der Waals surface area contributed by atoms with Gasteiger partial charge in [-0.05, 0) is 32.0 Å². The number of hydrogen-bond donors (Lipinski definition) is 1. The average Bonchev–Trinajstić information content (AvgIpc) is 2.76. The topological polar surface area (TPSA) is 44.7 Å². The van der Waals surface area contributed by atoms with Crippen LogP contribution in [-0.2, 0) is 0 Å². The third-order valence-electron chi connectivity index (χ3n) is 2.42. The van der Waals surface area contributed by atoms with Crippen molar-refractivity contribution in [2.45, 2.75) is 12.8 Å². The van der Waals surface area contributed by atoms with Crippen LogP contribution < -0.4 is 5.43 Å². The number of nitroso groups, excluding NO2 is 1. The number of nitrogens with one attached hydrogen (secondary N) is 1. The summed E-state index contributed by atoms with van der Waals surface area (Å²) >= 11 is 0. The molecule has 0 atom stereocenters. The van der Waals surface area contributed by atoms with Gasteiger partial charge < -0.3 is 0 Å². The molecule has 0 aromatic heterocycles. The zero-order valence-corrected chi connectivity index (χ0v) is 9.16. The molecule has 1 N–H and O–H groups in total. The summed E-state index contributed by atoms with van der Waals surface area (Å²) in [5, 5.41) is 2.48. The van der Waals surface area contributed by atoms with Gasteiger partial charge in [0.1, 0.15) is 5.83 Å². The number of nitrogens with zero attached hydrogens (tertiary/aromatic N) is 2. The number of halogens is 1. The maximum Gasteiger partial charge on any atom is 0.139 e. The Kier molecular flexibility index (Phi) is 5.42. The first-order valence-electron chi connectivity index (χ1n) is 5.26. The molecule has 0 aromatic rings. The van der Waals surface area contributed by atoms with Gasteiger partial charge in [0.15, 0.2) is 0 Å². The fraction of sp³-hybridized carbons (Fsp3) is 0.455. The molecule has 4 nitrogen and oxygen atoms in total. The molecule has 1 saturated heterocycles. The van der Waals surface area contributed by atoms with E-state index in [-0.39, 0.29) is 18.1 Å². The molecular weight excluding hydrogens is 209 g/mol. The summed E-state index contributed by atoms with van der Waals surface area (Å²) in [4.78, 5) is 12.1. The third-order valence-corrected chi connectivity index (χ3v) is 2.42. The van der Waals surface area contributed by atoms with Crippen molar-refractivity contribution < 1.29 is 4.39 Å². The largest absolute Gasteiger partial charge is 0.297 e. The van der Waals surface area contributed by atoms with Crippen LogP contribution in [0.15, 0.2) is 41.6 Å². The van der Waals surface area contributed by atoms with Gasteiger partial charge in [0.2, 0.25) is 0 Å². The van der Waals surface area contributed by atoms with Crippen LogP contribution in [0.3, 0.4) is 0 Å². The van der Waals surface area contributed by atoms with Crippen molar-refractivity contribution in [2.24, 2.45) is 5.29 Å². The molecule has 0 aliphatic carbocycles. The molecule has 0 aromatic carbocycles. The fourth-order valence-corrected chi connectivity index (χ4v) is 1.62. The van der Waals surface area contributed by atoms with E-state index in [1.807, 2.05) is 4.90 Å². The van der Waals surface area contributed by atoms with E-state index in [0.717, 1.165) is 25.9 Å². The Bertz CT molecular complexity index is 306. The summed E-state index contributed by atoms with van der Waals surface area (Å²) in [6, 6.07) is 0. The van der Waals surface area contributed by atoms with Crippen molar-refractivity contribution in [2.75, 3.05) is 19.6 Å². The van der Waals surface area contributed by atoms with Gasteiger partial charge in [-0.3, -0.25) is 4.90 Å². The number of hydrogen-bond acceptors (Lipinski definition) is 3. The van der Waals surface area contributed by atoms with E-state index in [2.05, 4.69) is 17.3 Å². The maximum atomic E-state index is 13.7. The van der Waals surface area contributed by atoms with Gasteiger partial charge in [0.05, 0.1) is 17.5 Å². The molecule has 0 bridgehead atoms. The lowest BCUT2D eigenvalue weighted by molar-refractivity contribution is 0.336. The van der Waals surface area contributed by atoms with E-state index in [1.54, 1.807) is 6.08 Å². The van der Waals surface area contributed by atoms with Crippen molar-refractivity contribution in [3.05, 3.63) is 41.2 Å². The van der Waals surface area contributed by atoms with Gasteiger partial charge >= 0.3 is 0 Å². The first-order chi connectivity index (χ1) is 7.77. The molecule has 1 aliphatic rings. The molecule has 1 fully saturated rings. The molecule has 0 spiro atoms. The molecule has 1 aliphatic heterocycles. The second-order valence-corrected chi connectivity index (χ2v) is 3.60. The summed E-state index contributed by atoms with van der Waals surface area (Å²) in [6.45, 7) is 5.50. The minimum absolute atomic E-state index is 0.0989. The van der Waals surface area contributed by atoms with Crippen LogP contribution in [-0.4, -0.2) is 24.5 Å². The smallest absolute Gasteiger partial charge is 0.139 e. The first-order valence-corrected chi connectivity index (χ1v) is 5.26. The van der Waals surface area contributed by atoms with Crippen molar-refractivity contribution in [3.8, 4) is 0 Å². The standard InChI is InChI=1S/C11H16FN3O/c1-2-3-6-11(13-14-16)10(12)9-15-7-4-5-8-15/h2-3,6H,1,4-5,7-9H2,(H,13,16)/b6-3-,11-10-. The van der Waals surface area contributed by atoms with Gasteiger partial charge in [0.25, 0.3) is 0 Å². The zero-order chi connectivity index (χ0) is 11.8. The Morgan fingerprint density at radius 2 is 2.19 bits per heavy atom. The minimum Gasteiger partial charge on any atom is -0.297 e. The zero-order valence-electron chi connectivity index (χ0n) is 9.16. The first kappa shape index (κ1) is 12.6. The highest BCUT2D eigenvalue weighted by Crippen LogP contribution is 2.13. The minimum atomic E-state index is -0.375. The predicted octanol–water partition coefficient (Wildman–Crippen LogP) is 2.28. The van der Waals surface area contributed by atoms with Crippen molar-refractivity contribution in [3.63, 3.8) is 0 Å². The van der Waals surface area contributed by atoms with E-state index >= 15 is 0 Å². The van der Waals surface area contributed by atoms with Crippen LogP contribution in [0.1, 0.15) is 12.8 Å². The lowest BCUT2D eigenvalue weighted by atomic mass is 10.3. The van der Waals surface area contributed by atoms with E-state index in [9.17, 15) is 9.30 Å². The molecule has 0 unspecified atom stereocenters. The van der Waals surface area contributed by atoms with E-state index in [0.29, 0.717) is 0 Å². The second-order valence-electron chi connectivity index (χ2n) is 3.60. The highest BCUT2D eigenvalue weighted by molar-refractivity contribution is 5.23. The molecule has 1 rings (SSSR count). The Hall–Kier alpha value is -1.49. The van der Waals surface area contributed by atoms with Crippen molar-refractivity contribution >= 4 is 0 Å². The Morgan fingerprint density at radius 3 is 2.75 bits per heavy atom. The monoisotopic (exact) mass is 225 g/mol. The van der Waals surface area contributed by atoms with E-state index < -0.39 is 0 Å². The Balaban J connectivity index is 2.65. The average molecular weight is 225 g/mol. The molecule has 5 heteroatoms. The summed E-state index contributed by atoms with van der Waals surface area (Å²) in [6.07, 6.45) is 6.71. The SMILES string of the molecule is C=C/C=C\C(NN=O)=C(\F)CN1CCCC1. The Labute approximate surface area is 94.5 Å². The second kappa shape index (κ2) is 6.90. The van der Waals surface area contributed by atoms with Crippen LogP contribution in [0.2, 0.25) is 0 Å². The lowest BCUT2D eigenvalue weighted by Gasteiger charge is -2.13. The number of rotatable bonds is 6. The number of allylic oxidation sites excluding steroid dienone is 3. The summed E-state index contributed by atoms with van der Waals surface area (Å²) in [5.41, 5.74) is 2.20. The summed E-state index contributed by atoms with van der Waals surface area (Å²) in [5.74, 6) is -0.375. The van der Waals surface area contributed by atoms with Crippen LogP contribution >= 0.6 is 0 Å². The van der Waals surface area contributed by atoms with Gasteiger partial charge in [-0.2, -0.15) is 0 Å². The normalized spacial score (nSPS) is 18.6. The molecule has 0 saturated carbocycles. The Morgan fingerprint density at radius 1 is 1.50 bits per heavy atom. The summed E-state index contributed by atoms with van der Waals surface area (Å²) < 4.78 is 13.7. The van der Waals surface area contributed by atoms with Crippen molar-refractivity contribution in [1.29, 1.82) is 0 Å². The van der Waals surface area contributed by atoms with Gasteiger partial charge in [0, 0.05) is 0 Å². The van der Waals surface area contributed by atoms with Crippen LogP contribution in [0.5, 0.6) is 0 Å². The van der Waals surface area contributed by atoms with Crippen LogP contribution in [0.25, 0.3) is 0 Å². The molecular formula is C11H16FN3O. The number of likely N-dealkylation sites (tertiary alicyclic amines) is 1. The highest BCUT2D eigenvalue weighted by atomic mass is 19.1. The third kappa shape index (κ3) is 3.94. The molecule has 88 valence electrons. The lowest BCUT2D eigenvalue weighted by Crippen LogP contribution is -2.22. The highest BCUT2D eigenvalue weighted by Gasteiger charge is 2.14. The van der Waals surface area contributed by atoms with Gasteiger partial charge in [-0.25, -0.2) is 9.82 Å².